The Bertz CT molecular complexity index is 1070. The van der Waals surface area contributed by atoms with Gasteiger partial charge in [0, 0.05) is 19.0 Å². The monoisotopic (exact) mass is 455 g/mol. The molecule has 172 valence electrons. The van der Waals surface area contributed by atoms with E-state index in [0.29, 0.717) is 24.4 Å². The fraction of sp³-hybridized carbons (Fsp3) is 0.476. The molecule has 0 amide bonds. The summed E-state index contributed by atoms with van der Waals surface area (Å²) < 4.78 is 72.3. The van der Waals surface area contributed by atoms with E-state index >= 15 is 0 Å². The first-order valence-corrected chi connectivity index (χ1v) is 10.3. The van der Waals surface area contributed by atoms with Crippen LogP contribution in [0.25, 0.3) is 11.2 Å². The quantitative estimate of drug-likeness (QED) is 0.500. The zero-order valence-corrected chi connectivity index (χ0v) is 17.3. The highest BCUT2D eigenvalue weighted by Crippen LogP contribution is 2.37. The van der Waals surface area contributed by atoms with E-state index in [1.165, 1.54) is 24.4 Å². The van der Waals surface area contributed by atoms with Crippen molar-refractivity contribution in [2.75, 3.05) is 18.0 Å². The lowest BCUT2D eigenvalue weighted by molar-refractivity contribution is -0.139. The molecule has 32 heavy (non-hydrogen) atoms. The standard InChI is InChI=1S/C21H22F5N5O/c1-13(32-17-7-3-2-6-15(17)21(24,25)26)14-5-4-8-30(11-14)19-10-27-16-9-28-31(12-18(22)23)20(16)29-19/h2-3,6-7,9-10,13-14,18H,4-5,8,11-12H2,1H3/t13-,14+/m1/s1. The zero-order chi connectivity index (χ0) is 22.9. The molecule has 2 atom stereocenters. The lowest BCUT2D eigenvalue weighted by atomic mass is 9.93. The summed E-state index contributed by atoms with van der Waals surface area (Å²) in [5.41, 5.74) is -0.111. The molecule has 1 aliphatic heterocycles. The van der Waals surface area contributed by atoms with Crippen molar-refractivity contribution in [1.82, 2.24) is 19.7 Å². The highest BCUT2D eigenvalue weighted by molar-refractivity contribution is 5.71. The molecule has 0 bridgehead atoms. The summed E-state index contributed by atoms with van der Waals surface area (Å²) in [6, 6.07) is 5.17. The van der Waals surface area contributed by atoms with Crippen LogP contribution in [0.15, 0.2) is 36.7 Å². The molecule has 11 heteroatoms. The Balaban J connectivity index is 1.50. The lowest BCUT2D eigenvalue weighted by Gasteiger charge is -2.36. The molecule has 0 unspecified atom stereocenters. The summed E-state index contributed by atoms with van der Waals surface area (Å²) in [4.78, 5) is 10.7. The average molecular weight is 455 g/mol. The van der Waals surface area contributed by atoms with Crippen molar-refractivity contribution in [1.29, 1.82) is 0 Å². The maximum Gasteiger partial charge on any atom is 0.419 e. The van der Waals surface area contributed by atoms with Gasteiger partial charge in [-0.3, -0.25) is 0 Å². The van der Waals surface area contributed by atoms with Crippen molar-refractivity contribution in [2.24, 2.45) is 5.92 Å². The van der Waals surface area contributed by atoms with E-state index < -0.39 is 30.8 Å². The van der Waals surface area contributed by atoms with Gasteiger partial charge in [-0.05, 0) is 31.9 Å². The molecule has 1 saturated heterocycles. The number of para-hydroxylation sites is 1. The van der Waals surface area contributed by atoms with E-state index in [9.17, 15) is 22.0 Å². The first-order chi connectivity index (χ1) is 15.2. The molecule has 1 aliphatic rings. The van der Waals surface area contributed by atoms with Crippen LogP contribution in [0.2, 0.25) is 0 Å². The van der Waals surface area contributed by atoms with Gasteiger partial charge in [0.25, 0.3) is 6.43 Å². The van der Waals surface area contributed by atoms with Crippen molar-refractivity contribution in [3.63, 3.8) is 0 Å². The summed E-state index contributed by atoms with van der Waals surface area (Å²) in [5, 5.41) is 3.92. The second kappa shape index (κ2) is 8.87. The van der Waals surface area contributed by atoms with Crippen molar-refractivity contribution >= 4 is 17.0 Å². The number of halogens is 5. The Kier molecular flexibility index (Phi) is 6.16. The van der Waals surface area contributed by atoms with Crippen LogP contribution in [-0.2, 0) is 12.7 Å². The Morgan fingerprint density at radius 3 is 2.72 bits per heavy atom. The predicted molar refractivity (Wildman–Crippen MR) is 108 cm³/mol. The van der Waals surface area contributed by atoms with Crippen LogP contribution in [0, 0.1) is 5.92 Å². The molecule has 3 aromatic rings. The third-order valence-corrected chi connectivity index (χ3v) is 5.59. The second-order valence-corrected chi connectivity index (χ2v) is 7.82. The molecule has 3 heterocycles. The highest BCUT2D eigenvalue weighted by Gasteiger charge is 2.35. The molecule has 0 saturated carbocycles. The molecule has 1 fully saturated rings. The number of hydrogen-bond donors (Lipinski definition) is 0. The maximum atomic E-state index is 13.3. The normalized spacial score (nSPS) is 18.3. The second-order valence-electron chi connectivity index (χ2n) is 7.82. The van der Waals surface area contributed by atoms with Gasteiger partial charge in [-0.25, -0.2) is 23.4 Å². The van der Waals surface area contributed by atoms with Crippen molar-refractivity contribution in [3.05, 3.63) is 42.2 Å². The van der Waals surface area contributed by atoms with Crippen LogP contribution in [-0.4, -0.2) is 45.4 Å². The minimum absolute atomic E-state index is 0.0477. The van der Waals surface area contributed by atoms with Gasteiger partial charge < -0.3 is 9.64 Å². The highest BCUT2D eigenvalue weighted by atomic mass is 19.4. The van der Waals surface area contributed by atoms with E-state index in [-0.39, 0.29) is 17.3 Å². The Morgan fingerprint density at radius 1 is 1.19 bits per heavy atom. The third-order valence-electron chi connectivity index (χ3n) is 5.59. The molecule has 0 radical (unpaired) electrons. The molecule has 1 aromatic carbocycles. The summed E-state index contributed by atoms with van der Waals surface area (Å²) in [6.07, 6.45) is -3.02. The van der Waals surface area contributed by atoms with Gasteiger partial charge in [-0.2, -0.15) is 18.3 Å². The zero-order valence-electron chi connectivity index (χ0n) is 17.3. The largest absolute Gasteiger partial charge is 0.490 e. The van der Waals surface area contributed by atoms with Crippen LogP contribution < -0.4 is 9.64 Å². The third kappa shape index (κ3) is 4.76. The molecular weight excluding hydrogens is 433 g/mol. The predicted octanol–water partition coefficient (Wildman–Crippen LogP) is 4.79. The van der Waals surface area contributed by atoms with Crippen molar-refractivity contribution < 1.29 is 26.7 Å². The number of aromatic nitrogens is 4. The van der Waals surface area contributed by atoms with Gasteiger partial charge in [0.1, 0.15) is 29.7 Å². The van der Waals surface area contributed by atoms with Crippen LogP contribution in [0.4, 0.5) is 27.8 Å². The molecule has 6 nitrogen and oxygen atoms in total. The topological polar surface area (TPSA) is 56.1 Å². The number of rotatable bonds is 6. The number of fused-ring (bicyclic) bond motifs is 1. The molecular formula is C21H22F5N5O. The van der Waals surface area contributed by atoms with Gasteiger partial charge in [0.2, 0.25) is 0 Å². The Labute approximate surface area is 181 Å². The fourth-order valence-corrected chi connectivity index (χ4v) is 3.96. The molecule has 0 spiro atoms. The first kappa shape index (κ1) is 22.2. The number of piperidine rings is 1. The Morgan fingerprint density at radius 2 is 1.97 bits per heavy atom. The number of ether oxygens (including phenoxy) is 1. The number of anilines is 1. The number of nitrogens with zero attached hydrogens (tertiary/aromatic N) is 5. The van der Waals surface area contributed by atoms with Crippen LogP contribution in [0.5, 0.6) is 5.75 Å². The average Bonchev–Trinajstić information content (AvgIpc) is 3.15. The van der Waals surface area contributed by atoms with Gasteiger partial charge in [-0.15, -0.1) is 0 Å². The Hall–Kier alpha value is -2.98. The van der Waals surface area contributed by atoms with Crippen molar-refractivity contribution in [2.45, 2.75) is 45.0 Å². The van der Waals surface area contributed by atoms with E-state index in [0.717, 1.165) is 23.6 Å². The molecule has 4 rings (SSSR count). The summed E-state index contributed by atoms with van der Waals surface area (Å²) in [5.74, 6) is 0.274. The van der Waals surface area contributed by atoms with E-state index in [4.69, 9.17) is 4.74 Å². The van der Waals surface area contributed by atoms with Gasteiger partial charge in [0.15, 0.2) is 5.65 Å². The van der Waals surface area contributed by atoms with Crippen LogP contribution >= 0.6 is 0 Å². The van der Waals surface area contributed by atoms with E-state index in [1.807, 2.05) is 4.90 Å². The fourth-order valence-electron chi connectivity index (χ4n) is 3.96. The van der Waals surface area contributed by atoms with E-state index in [1.54, 1.807) is 13.1 Å². The number of alkyl halides is 5. The van der Waals surface area contributed by atoms with Crippen molar-refractivity contribution in [3.8, 4) is 5.75 Å². The SMILES string of the molecule is C[C@@H](Oc1ccccc1C(F)(F)F)[C@H]1CCCN(c2cnc3cnn(CC(F)F)c3n2)C1. The molecule has 0 N–H and O–H groups in total. The number of benzene rings is 1. The summed E-state index contributed by atoms with van der Waals surface area (Å²) in [6.45, 7) is 2.35. The minimum atomic E-state index is -4.50. The first-order valence-electron chi connectivity index (χ1n) is 10.3. The minimum Gasteiger partial charge on any atom is -0.490 e. The van der Waals surface area contributed by atoms with E-state index in [2.05, 4.69) is 15.1 Å². The van der Waals surface area contributed by atoms with Gasteiger partial charge in [-0.1, -0.05) is 12.1 Å². The summed E-state index contributed by atoms with van der Waals surface area (Å²) in [7, 11) is 0. The molecule has 0 aliphatic carbocycles. The van der Waals surface area contributed by atoms with Gasteiger partial charge in [0.05, 0.1) is 18.0 Å². The summed E-state index contributed by atoms with van der Waals surface area (Å²) >= 11 is 0. The lowest BCUT2D eigenvalue weighted by Crippen LogP contribution is -2.41. The van der Waals surface area contributed by atoms with Crippen LogP contribution in [0.1, 0.15) is 25.3 Å². The van der Waals surface area contributed by atoms with Gasteiger partial charge >= 0.3 is 6.18 Å². The smallest absolute Gasteiger partial charge is 0.419 e. The number of hydrogen-bond acceptors (Lipinski definition) is 5. The molecule has 2 aromatic heterocycles. The van der Waals surface area contributed by atoms with Crippen LogP contribution in [0.3, 0.4) is 0 Å². The maximum absolute atomic E-state index is 13.3.